The molecular formula is C10H7ClN4. The van der Waals surface area contributed by atoms with Gasteiger partial charge in [-0.15, -0.1) is 0 Å². The first-order chi connectivity index (χ1) is 7.22. The van der Waals surface area contributed by atoms with Crippen LogP contribution in [0.3, 0.4) is 0 Å². The van der Waals surface area contributed by atoms with Gasteiger partial charge >= 0.3 is 0 Å². The van der Waals surface area contributed by atoms with Gasteiger partial charge in [-0.3, -0.25) is 0 Å². The molecule has 0 spiro atoms. The molecule has 0 atom stereocenters. The molecule has 0 saturated heterocycles. The van der Waals surface area contributed by atoms with E-state index in [4.69, 9.17) is 16.9 Å². The van der Waals surface area contributed by atoms with Gasteiger partial charge in [-0.25, -0.2) is 9.67 Å². The molecule has 0 N–H and O–H groups in total. The third-order valence-corrected chi connectivity index (χ3v) is 2.21. The van der Waals surface area contributed by atoms with Crippen molar-refractivity contribution < 1.29 is 0 Å². The van der Waals surface area contributed by atoms with Crippen molar-refractivity contribution in [2.45, 2.75) is 6.92 Å². The first kappa shape index (κ1) is 9.69. The van der Waals surface area contributed by atoms with Gasteiger partial charge in [0.05, 0.1) is 23.0 Å². The molecule has 2 rings (SSSR count). The molecule has 0 aromatic carbocycles. The molecule has 2 heterocycles. The van der Waals surface area contributed by atoms with Crippen molar-refractivity contribution in [2.75, 3.05) is 0 Å². The molecule has 0 aliphatic rings. The molecule has 0 aliphatic heterocycles. The van der Waals surface area contributed by atoms with E-state index < -0.39 is 0 Å². The third-order valence-electron chi connectivity index (χ3n) is 2.02. The Kier molecular flexibility index (Phi) is 2.40. The fourth-order valence-corrected chi connectivity index (χ4v) is 1.41. The predicted octanol–water partition coefficient (Wildman–Crippen LogP) is 2.10. The van der Waals surface area contributed by atoms with E-state index >= 15 is 0 Å². The summed E-state index contributed by atoms with van der Waals surface area (Å²) in [7, 11) is 0. The van der Waals surface area contributed by atoms with Gasteiger partial charge in [0.25, 0.3) is 0 Å². The molecule has 0 fully saturated rings. The van der Waals surface area contributed by atoms with Crippen molar-refractivity contribution in [1.82, 2.24) is 14.8 Å². The molecule has 74 valence electrons. The maximum Gasteiger partial charge on any atom is 0.171 e. The summed E-state index contributed by atoms with van der Waals surface area (Å²) in [5.41, 5.74) is 1.38. The van der Waals surface area contributed by atoms with E-state index in [9.17, 15) is 0 Å². The van der Waals surface area contributed by atoms with Crippen molar-refractivity contribution in [1.29, 1.82) is 5.26 Å². The highest BCUT2D eigenvalue weighted by Crippen LogP contribution is 2.16. The summed E-state index contributed by atoms with van der Waals surface area (Å²) in [5, 5.41) is 13.5. The molecule has 0 aliphatic carbocycles. The molecule has 4 nitrogen and oxygen atoms in total. The van der Waals surface area contributed by atoms with Gasteiger partial charge in [0.2, 0.25) is 0 Å². The highest BCUT2D eigenvalue weighted by molar-refractivity contribution is 6.30. The van der Waals surface area contributed by atoms with E-state index in [1.807, 2.05) is 6.92 Å². The zero-order chi connectivity index (χ0) is 10.8. The van der Waals surface area contributed by atoms with Gasteiger partial charge in [-0.2, -0.15) is 10.4 Å². The highest BCUT2D eigenvalue weighted by Gasteiger charge is 2.09. The molecule has 0 bridgehead atoms. The van der Waals surface area contributed by atoms with Crippen LogP contribution < -0.4 is 0 Å². The fraction of sp³-hybridized carbons (Fsp3) is 0.100. The van der Waals surface area contributed by atoms with Crippen molar-refractivity contribution in [2.24, 2.45) is 0 Å². The van der Waals surface area contributed by atoms with Crippen LogP contribution >= 0.6 is 11.6 Å². The minimum atomic E-state index is 0.504. The number of halogens is 1. The minimum absolute atomic E-state index is 0.504. The van der Waals surface area contributed by atoms with Crippen LogP contribution in [0.15, 0.2) is 24.7 Å². The minimum Gasteiger partial charge on any atom is -0.236 e. The third kappa shape index (κ3) is 1.69. The van der Waals surface area contributed by atoms with Gasteiger partial charge < -0.3 is 0 Å². The second kappa shape index (κ2) is 3.71. The lowest BCUT2D eigenvalue weighted by atomic mass is 10.1. The van der Waals surface area contributed by atoms with Crippen LogP contribution in [0.4, 0.5) is 0 Å². The summed E-state index contributed by atoms with van der Waals surface area (Å²) in [5.74, 6) is 0.504. The second-order valence-electron chi connectivity index (χ2n) is 3.04. The Hall–Kier alpha value is -1.86. The van der Waals surface area contributed by atoms with Crippen LogP contribution in [0.2, 0.25) is 5.02 Å². The standard InChI is InChI=1S/C10H7ClN4/c1-7-2-3-13-10(9(7)4-12)15-6-8(11)5-14-15/h2-3,5-6H,1H3. The Morgan fingerprint density at radius 3 is 2.93 bits per heavy atom. The molecule has 0 saturated carbocycles. The summed E-state index contributed by atoms with van der Waals surface area (Å²) < 4.78 is 1.49. The number of nitrogens with zero attached hydrogens (tertiary/aromatic N) is 4. The number of aryl methyl sites for hydroxylation is 1. The van der Waals surface area contributed by atoms with Gasteiger partial charge in [-0.1, -0.05) is 11.6 Å². The van der Waals surface area contributed by atoms with Gasteiger partial charge in [0, 0.05) is 6.20 Å². The Morgan fingerprint density at radius 2 is 2.33 bits per heavy atom. The largest absolute Gasteiger partial charge is 0.236 e. The molecule has 0 unspecified atom stereocenters. The molecule has 15 heavy (non-hydrogen) atoms. The van der Waals surface area contributed by atoms with Crippen molar-refractivity contribution in [3.8, 4) is 11.9 Å². The number of pyridine rings is 1. The van der Waals surface area contributed by atoms with Crippen LogP contribution in [0.5, 0.6) is 0 Å². The van der Waals surface area contributed by atoms with E-state index in [1.165, 1.54) is 10.9 Å². The van der Waals surface area contributed by atoms with E-state index in [0.717, 1.165) is 5.56 Å². The van der Waals surface area contributed by atoms with Crippen LogP contribution in [-0.4, -0.2) is 14.8 Å². The predicted molar refractivity (Wildman–Crippen MR) is 55.8 cm³/mol. The number of rotatable bonds is 1. The van der Waals surface area contributed by atoms with Crippen molar-refractivity contribution in [3.05, 3.63) is 40.8 Å². The van der Waals surface area contributed by atoms with Crippen LogP contribution in [0.25, 0.3) is 5.82 Å². The van der Waals surface area contributed by atoms with Crippen molar-refractivity contribution >= 4 is 11.6 Å². The van der Waals surface area contributed by atoms with E-state index in [0.29, 0.717) is 16.4 Å². The summed E-state index contributed by atoms with van der Waals surface area (Å²) in [6.45, 7) is 1.86. The van der Waals surface area contributed by atoms with Gasteiger partial charge in [-0.05, 0) is 18.6 Å². The summed E-state index contributed by atoms with van der Waals surface area (Å²) >= 11 is 5.75. The molecule has 5 heteroatoms. The van der Waals surface area contributed by atoms with E-state index in [-0.39, 0.29) is 0 Å². The Bertz CT molecular complexity index is 539. The maximum atomic E-state index is 9.00. The van der Waals surface area contributed by atoms with Gasteiger partial charge in [0.1, 0.15) is 6.07 Å². The van der Waals surface area contributed by atoms with E-state index in [1.54, 1.807) is 18.5 Å². The number of hydrogen-bond acceptors (Lipinski definition) is 3. The lowest BCUT2D eigenvalue weighted by molar-refractivity contribution is 0.841. The number of hydrogen-bond donors (Lipinski definition) is 0. The van der Waals surface area contributed by atoms with Gasteiger partial charge in [0.15, 0.2) is 5.82 Å². The second-order valence-corrected chi connectivity index (χ2v) is 3.48. The zero-order valence-electron chi connectivity index (χ0n) is 7.98. The summed E-state index contributed by atoms with van der Waals surface area (Å²) in [6, 6.07) is 3.89. The lowest BCUT2D eigenvalue weighted by Crippen LogP contribution is -2.02. The normalized spacial score (nSPS) is 9.93. The molecule has 2 aromatic heterocycles. The van der Waals surface area contributed by atoms with Crippen LogP contribution in [0, 0.1) is 18.3 Å². The first-order valence-electron chi connectivity index (χ1n) is 4.28. The fourth-order valence-electron chi connectivity index (χ4n) is 1.27. The summed E-state index contributed by atoms with van der Waals surface area (Å²) in [4.78, 5) is 4.11. The lowest BCUT2D eigenvalue weighted by Gasteiger charge is -2.04. The highest BCUT2D eigenvalue weighted by atomic mass is 35.5. The number of aromatic nitrogens is 3. The van der Waals surface area contributed by atoms with Crippen LogP contribution in [0.1, 0.15) is 11.1 Å². The van der Waals surface area contributed by atoms with E-state index in [2.05, 4.69) is 16.2 Å². The molecular weight excluding hydrogens is 212 g/mol. The smallest absolute Gasteiger partial charge is 0.171 e. The monoisotopic (exact) mass is 218 g/mol. The van der Waals surface area contributed by atoms with Crippen molar-refractivity contribution in [3.63, 3.8) is 0 Å². The Morgan fingerprint density at radius 1 is 1.53 bits per heavy atom. The Balaban J connectivity index is 2.63. The van der Waals surface area contributed by atoms with Crippen LogP contribution in [-0.2, 0) is 0 Å². The quantitative estimate of drug-likeness (QED) is 0.737. The molecule has 0 amide bonds. The Labute approximate surface area is 91.7 Å². The topological polar surface area (TPSA) is 54.5 Å². The zero-order valence-corrected chi connectivity index (χ0v) is 8.73. The molecule has 2 aromatic rings. The summed E-state index contributed by atoms with van der Waals surface area (Å²) in [6.07, 6.45) is 4.76. The first-order valence-corrected chi connectivity index (χ1v) is 4.66. The average molecular weight is 219 g/mol. The maximum absolute atomic E-state index is 9.00. The average Bonchev–Trinajstić information content (AvgIpc) is 2.64. The molecule has 0 radical (unpaired) electrons. The SMILES string of the molecule is Cc1ccnc(-n2cc(Cl)cn2)c1C#N. The number of nitriles is 1.